The average molecular weight is 735 g/mol. The highest BCUT2D eigenvalue weighted by molar-refractivity contribution is 5.69. The van der Waals surface area contributed by atoms with Crippen LogP contribution >= 0.6 is 0 Å². The largest absolute Gasteiger partial charge is 0.457 e. The molecule has 0 amide bonds. The van der Waals surface area contributed by atoms with Crippen LogP contribution in [0.3, 0.4) is 0 Å². The Hall–Kier alpha value is -0.870. The molecule has 4 heteroatoms. The zero-order chi connectivity index (χ0) is 37.7. The Morgan fingerprint density at radius 2 is 0.750 bits per heavy atom. The van der Waals surface area contributed by atoms with Crippen molar-refractivity contribution in [3.63, 3.8) is 0 Å². The molecule has 0 rings (SSSR count). The topological polar surface area (TPSA) is 55.8 Å². The van der Waals surface area contributed by atoms with Gasteiger partial charge in [-0.15, -0.1) is 0 Å². The van der Waals surface area contributed by atoms with Gasteiger partial charge in [-0.2, -0.15) is 0 Å². The van der Waals surface area contributed by atoms with Gasteiger partial charge >= 0.3 is 5.97 Å². The summed E-state index contributed by atoms with van der Waals surface area (Å²) in [6.45, 7) is 5.40. The van der Waals surface area contributed by atoms with Crippen molar-refractivity contribution in [3.05, 3.63) is 12.2 Å². The van der Waals surface area contributed by atoms with E-state index in [1.165, 1.54) is 225 Å². The van der Waals surface area contributed by atoms with Crippen LogP contribution in [0.25, 0.3) is 0 Å². The summed E-state index contributed by atoms with van der Waals surface area (Å²) >= 11 is 0. The summed E-state index contributed by atoms with van der Waals surface area (Å²) in [7, 11) is 0. The standard InChI is InChI=1S/C48H94O4/c1-3-5-7-9-11-13-15-17-19-21-23-24-25-27-29-31-33-35-37-39-41-43-48(50)52-47(45-49)46-51-44-42-40-38-36-34-32-30-28-26-22-20-18-16-14-12-10-8-6-4-2/h21,23,47,49H,3-20,22,24-46H2,1-2H3/b23-21-. The van der Waals surface area contributed by atoms with Crippen LogP contribution in [0.4, 0.5) is 0 Å². The molecule has 0 aromatic rings. The number of hydrogen-bond acceptors (Lipinski definition) is 4. The first-order valence-corrected chi connectivity index (χ1v) is 23.8. The van der Waals surface area contributed by atoms with E-state index in [-0.39, 0.29) is 12.6 Å². The lowest BCUT2D eigenvalue weighted by molar-refractivity contribution is -0.154. The normalized spacial score (nSPS) is 12.3. The van der Waals surface area contributed by atoms with Crippen molar-refractivity contribution in [3.8, 4) is 0 Å². The number of unbranched alkanes of at least 4 members (excludes halogenated alkanes) is 35. The fourth-order valence-corrected chi connectivity index (χ4v) is 7.27. The number of hydrogen-bond donors (Lipinski definition) is 1. The summed E-state index contributed by atoms with van der Waals surface area (Å²) in [5.74, 6) is -0.196. The summed E-state index contributed by atoms with van der Waals surface area (Å²) in [5, 5.41) is 9.63. The number of aliphatic hydroxyl groups excluding tert-OH is 1. The van der Waals surface area contributed by atoms with Crippen molar-refractivity contribution in [2.24, 2.45) is 0 Å². The number of ether oxygens (including phenoxy) is 2. The predicted molar refractivity (Wildman–Crippen MR) is 228 cm³/mol. The maximum atomic E-state index is 12.2. The van der Waals surface area contributed by atoms with Gasteiger partial charge < -0.3 is 14.6 Å². The predicted octanol–water partition coefficient (Wildman–Crippen LogP) is 15.7. The van der Waals surface area contributed by atoms with E-state index in [4.69, 9.17) is 9.47 Å². The van der Waals surface area contributed by atoms with Crippen molar-refractivity contribution in [1.29, 1.82) is 0 Å². The zero-order valence-electron chi connectivity index (χ0n) is 35.6. The molecule has 1 unspecified atom stereocenters. The molecular formula is C48H94O4. The summed E-state index contributed by atoms with van der Waals surface area (Å²) in [6.07, 6.45) is 55.7. The second-order valence-electron chi connectivity index (χ2n) is 16.2. The third kappa shape index (κ3) is 43.5. The number of carbonyl (C=O) groups excluding carboxylic acids is 1. The van der Waals surface area contributed by atoms with Gasteiger partial charge in [-0.3, -0.25) is 4.79 Å². The number of esters is 1. The molecule has 0 fully saturated rings. The smallest absolute Gasteiger partial charge is 0.306 e. The third-order valence-electron chi connectivity index (χ3n) is 10.8. The van der Waals surface area contributed by atoms with Gasteiger partial charge in [0.25, 0.3) is 0 Å². The second-order valence-corrected chi connectivity index (χ2v) is 16.2. The van der Waals surface area contributed by atoms with E-state index >= 15 is 0 Å². The van der Waals surface area contributed by atoms with Crippen molar-refractivity contribution in [2.45, 2.75) is 270 Å². The van der Waals surface area contributed by atoms with Gasteiger partial charge in [-0.1, -0.05) is 231 Å². The first-order chi connectivity index (χ1) is 25.7. The molecule has 0 saturated carbocycles. The summed E-state index contributed by atoms with van der Waals surface area (Å²) < 4.78 is 11.2. The molecule has 0 heterocycles. The minimum Gasteiger partial charge on any atom is -0.457 e. The van der Waals surface area contributed by atoms with Gasteiger partial charge in [0, 0.05) is 13.0 Å². The number of rotatable bonds is 45. The molecule has 0 saturated heterocycles. The summed E-state index contributed by atoms with van der Waals surface area (Å²) in [4.78, 5) is 12.2. The molecular weight excluding hydrogens is 641 g/mol. The molecule has 310 valence electrons. The number of carbonyl (C=O) groups is 1. The van der Waals surface area contributed by atoms with Crippen LogP contribution in [0.1, 0.15) is 264 Å². The molecule has 0 radical (unpaired) electrons. The Balaban J connectivity index is 3.36. The Labute approximate surface area is 326 Å². The molecule has 0 aliphatic heterocycles. The van der Waals surface area contributed by atoms with E-state index < -0.39 is 6.10 Å². The number of aliphatic hydroxyl groups is 1. The highest BCUT2D eigenvalue weighted by Gasteiger charge is 2.13. The minimum atomic E-state index is -0.529. The first kappa shape index (κ1) is 51.1. The third-order valence-corrected chi connectivity index (χ3v) is 10.8. The van der Waals surface area contributed by atoms with Gasteiger partial charge in [0.2, 0.25) is 0 Å². The van der Waals surface area contributed by atoms with E-state index in [0.29, 0.717) is 19.6 Å². The van der Waals surface area contributed by atoms with Crippen molar-refractivity contribution in [1.82, 2.24) is 0 Å². The first-order valence-electron chi connectivity index (χ1n) is 23.8. The van der Waals surface area contributed by atoms with Gasteiger partial charge in [0.1, 0.15) is 6.10 Å². The lowest BCUT2D eigenvalue weighted by Gasteiger charge is -2.16. The Bertz CT molecular complexity index is 692. The molecule has 0 aliphatic carbocycles. The monoisotopic (exact) mass is 735 g/mol. The highest BCUT2D eigenvalue weighted by atomic mass is 16.6. The van der Waals surface area contributed by atoms with Crippen LogP contribution in [-0.2, 0) is 14.3 Å². The van der Waals surface area contributed by atoms with Crippen LogP contribution in [0.5, 0.6) is 0 Å². The van der Waals surface area contributed by atoms with Crippen LogP contribution < -0.4 is 0 Å². The zero-order valence-corrected chi connectivity index (χ0v) is 35.6. The quantitative estimate of drug-likeness (QED) is 0.0384. The maximum Gasteiger partial charge on any atom is 0.306 e. The Kier molecular flexibility index (Phi) is 45.5. The van der Waals surface area contributed by atoms with E-state index in [9.17, 15) is 9.90 Å². The maximum absolute atomic E-state index is 12.2. The van der Waals surface area contributed by atoms with Gasteiger partial charge in [-0.25, -0.2) is 0 Å². The summed E-state index contributed by atoms with van der Waals surface area (Å²) in [5.41, 5.74) is 0. The van der Waals surface area contributed by atoms with Gasteiger partial charge in [-0.05, 0) is 38.5 Å². The van der Waals surface area contributed by atoms with Crippen molar-refractivity contribution < 1.29 is 19.4 Å². The Morgan fingerprint density at radius 3 is 1.10 bits per heavy atom. The summed E-state index contributed by atoms with van der Waals surface area (Å²) in [6, 6.07) is 0. The van der Waals surface area contributed by atoms with E-state index in [2.05, 4.69) is 26.0 Å². The Morgan fingerprint density at radius 1 is 0.442 bits per heavy atom. The van der Waals surface area contributed by atoms with E-state index in [0.717, 1.165) is 19.3 Å². The molecule has 0 spiro atoms. The molecule has 52 heavy (non-hydrogen) atoms. The lowest BCUT2D eigenvalue weighted by atomic mass is 10.0. The van der Waals surface area contributed by atoms with E-state index in [1.54, 1.807) is 0 Å². The number of allylic oxidation sites excluding steroid dienone is 2. The average Bonchev–Trinajstić information content (AvgIpc) is 3.15. The molecule has 1 N–H and O–H groups in total. The molecule has 0 aromatic heterocycles. The molecule has 0 aromatic carbocycles. The molecule has 0 aliphatic rings. The fourth-order valence-electron chi connectivity index (χ4n) is 7.27. The van der Waals surface area contributed by atoms with Crippen molar-refractivity contribution in [2.75, 3.05) is 19.8 Å². The van der Waals surface area contributed by atoms with Crippen LogP contribution in [-0.4, -0.2) is 37.0 Å². The molecule has 1 atom stereocenters. The van der Waals surface area contributed by atoms with Crippen molar-refractivity contribution >= 4 is 5.97 Å². The van der Waals surface area contributed by atoms with E-state index in [1.807, 2.05) is 0 Å². The minimum absolute atomic E-state index is 0.166. The SMILES string of the molecule is CCCCCCCCCC/C=C\CCCCCCCCCCCC(=O)OC(CO)COCCCCCCCCCCCCCCCCCCCCC. The highest BCUT2D eigenvalue weighted by Crippen LogP contribution is 2.16. The lowest BCUT2D eigenvalue weighted by Crippen LogP contribution is -2.27. The van der Waals surface area contributed by atoms with Gasteiger partial charge in [0.15, 0.2) is 0 Å². The molecule has 4 nitrogen and oxygen atoms in total. The fraction of sp³-hybridized carbons (Fsp3) is 0.938. The van der Waals surface area contributed by atoms with Gasteiger partial charge in [0.05, 0.1) is 13.2 Å². The van der Waals surface area contributed by atoms with Crippen LogP contribution in [0, 0.1) is 0 Å². The molecule has 0 bridgehead atoms. The van der Waals surface area contributed by atoms with Crippen LogP contribution in [0.15, 0.2) is 12.2 Å². The van der Waals surface area contributed by atoms with Crippen LogP contribution in [0.2, 0.25) is 0 Å². The second kappa shape index (κ2) is 46.3.